The van der Waals surface area contributed by atoms with Crippen molar-refractivity contribution in [3.8, 4) is 0 Å². The fourth-order valence-corrected chi connectivity index (χ4v) is 4.98. The topological polar surface area (TPSA) is 43.4 Å². The third-order valence-electron chi connectivity index (χ3n) is 1.82. The van der Waals surface area contributed by atoms with Crippen LogP contribution in [-0.2, 0) is 20.2 Å². The van der Waals surface area contributed by atoms with Crippen LogP contribution < -0.4 is 0 Å². The van der Waals surface area contributed by atoms with E-state index in [9.17, 15) is 21.6 Å². The van der Waals surface area contributed by atoms with Gasteiger partial charge in [-0.05, 0) is 31.8 Å². The van der Waals surface area contributed by atoms with E-state index in [1.54, 1.807) is 19.6 Å². The first-order valence-electron chi connectivity index (χ1n) is 5.05. The van der Waals surface area contributed by atoms with Gasteiger partial charge < -0.3 is 3.87 Å². The summed E-state index contributed by atoms with van der Waals surface area (Å²) in [6.45, 7) is 4.75. The van der Waals surface area contributed by atoms with Crippen LogP contribution in [0.5, 0.6) is 0 Å². The lowest BCUT2D eigenvalue weighted by molar-refractivity contribution is -0.139. The molecule has 0 saturated heterocycles. The minimum absolute atomic E-state index is 0.723. The van der Waals surface area contributed by atoms with E-state index in [1.807, 2.05) is 0 Å². The largest absolute Gasteiger partial charge is 0.417 e. The summed E-state index contributed by atoms with van der Waals surface area (Å²) in [6.07, 6.45) is -4.73. The van der Waals surface area contributed by atoms with E-state index in [2.05, 4.69) is 0 Å². The van der Waals surface area contributed by atoms with Gasteiger partial charge in [0.05, 0.1) is 5.56 Å². The molecule has 18 heavy (non-hydrogen) atoms. The summed E-state index contributed by atoms with van der Waals surface area (Å²) in [5.74, 6) is 0. The highest BCUT2D eigenvalue weighted by Gasteiger charge is 2.38. The van der Waals surface area contributed by atoms with Crippen molar-refractivity contribution in [2.75, 3.05) is 0 Å². The van der Waals surface area contributed by atoms with E-state index in [-0.39, 0.29) is 0 Å². The normalized spacial score (nSPS) is 13.7. The van der Waals surface area contributed by atoms with Crippen LogP contribution in [0, 0.1) is 0 Å². The predicted octanol–water partition coefficient (Wildman–Crippen LogP) is 3.25. The van der Waals surface area contributed by atoms with Crippen molar-refractivity contribution in [3.63, 3.8) is 0 Å². The summed E-state index contributed by atoms with van der Waals surface area (Å²) >= 11 is 0. The zero-order chi connectivity index (χ0) is 14.2. The van der Waals surface area contributed by atoms with Gasteiger partial charge >= 0.3 is 6.18 Å². The molecule has 8 heteroatoms. The second kappa shape index (κ2) is 4.67. The van der Waals surface area contributed by atoms with E-state index >= 15 is 0 Å². The van der Waals surface area contributed by atoms with Gasteiger partial charge in [-0.3, -0.25) is 0 Å². The Kier molecular flexibility index (Phi) is 3.94. The lowest BCUT2D eigenvalue weighted by Crippen LogP contribution is -2.30. The summed E-state index contributed by atoms with van der Waals surface area (Å²) < 4.78 is 66.6. The Hall–Kier alpha value is -0.863. The molecule has 102 valence electrons. The smallest absolute Gasteiger partial charge is 0.312 e. The van der Waals surface area contributed by atoms with Gasteiger partial charge in [-0.2, -0.15) is 21.6 Å². The van der Waals surface area contributed by atoms with Gasteiger partial charge in [0.1, 0.15) is 4.90 Å². The molecular formula is C10H13F3O3SSi. The maximum Gasteiger partial charge on any atom is 0.417 e. The van der Waals surface area contributed by atoms with Crippen molar-refractivity contribution in [2.24, 2.45) is 0 Å². The van der Waals surface area contributed by atoms with E-state index in [1.165, 1.54) is 6.07 Å². The number of halogens is 3. The van der Waals surface area contributed by atoms with Gasteiger partial charge in [0.25, 0.3) is 10.1 Å². The Morgan fingerprint density at radius 2 is 1.61 bits per heavy atom. The first-order chi connectivity index (χ1) is 7.93. The monoisotopic (exact) mass is 298 g/mol. The summed E-state index contributed by atoms with van der Waals surface area (Å²) in [6, 6.07) is 3.99. The van der Waals surface area contributed by atoms with Crippen molar-refractivity contribution < 1.29 is 25.5 Å². The molecule has 0 spiro atoms. The number of rotatable bonds is 3. The van der Waals surface area contributed by atoms with Crippen LogP contribution in [-0.4, -0.2) is 16.7 Å². The fourth-order valence-electron chi connectivity index (χ4n) is 1.29. The quantitative estimate of drug-likeness (QED) is 0.805. The molecule has 0 aliphatic heterocycles. The lowest BCUT2D eigenvalue weighted by atomic mass is 10.2. The highest BCUT2D eigenvalue weighted by molar-refractivity contribution is 7.87. The van der Waals surface area contributed by atoms with Crippen LogP contribution in [0.25, 0.3) is 0 Å². The molecule has 3 nitrogen and oxygen atoms in total. The van der Waals surface area contributed by atoms with Crippen molar-refractivity contribution in [1.29, 1.82) is 0 Å². The number of hydrogen-bond donors (Lipinski definition) is 0. The maximum absolute atomic E-state index is 12.7. The Morgan fingerprint density at radius 3 is 2.06 bits per heavy atom. The van der Waals surface area contributed by atoms with Gasteiger partial charge in [0.15, 0.2) is 0 Å². The standard InChI is InChI=1S/C10H13F3O3SSi/c1-18(2,3)16-17(14,15)9-7-5-4-6-8(9)10(11,12)13/h4-7H,1-3H3. The Labute approximate surface area is 105 Å². The molecule has 0 bridgehead atoms. The lowest BCUT2D eigenvalue weighted by Gasteiger charge is -2.19. The highest BCUT2D eigenvalue weighted by Crippen LogP contribution is 2.35. The van der Waals surface area contributed by atoms with Crippen LogP contribution in [0.3, 0.4) is 0 Å². The summed E-state index contributed by atoms with van der Waals surface area (Å²) in [7, 11) is -6.90. The average Bonchev–Trinajstić information content (AvgIpc) is 2.12. The molecule has 0 heterocycles. The minimum atomic E-state index is -4.73. The first-order valence-corrected chi connectivity index (χ1v) is 9.87. The van der Waals surface area contributed by atoms with Crippen LogP contribution in [0.4, 0.5) is 13.2 Å². The molecule has 0 saturated carbocycles. The maximum atomic E-state index is 12.7. The third-order valence-corrected chi connectivity index (χ3v) is 5.59. The van der Waals surface area contributed by atoms with Gasteiger partial charge in [0.2, 0.25) is 8.32 Å². The zero-order valence-corrected chi connectivity index (χ0v) is 11.9. The zero-order valence-electron chi connectivity index (χ0n) is 10.1. The molecule has 1 aromatic carbocycles. The number of hydrogen-bond acceptors (Lipinski definition) is 3. The van der Waals surface area contributed by atoms with Crippen LogP contribution in [0.2, 0.25) is 19.6 Å². The second-order valence-corrected chi connectivity index (χ2v) is 10.9. The molecule has 0 fully saturated rings. The Bertz CT molecular complexity index is 532. The van der Waals surface area contributed by atoms with Gasteiger partial charge in [0, 0.05) is 0 Å². The molecular weight excluding hydrogens is 285 g/mol. The van der Waals surface area contributed by atoms with Crippen molar-refractivity contribution in [2.45, 2.75) is 30.7 Å². The Balaban J connectivity index is 3.35. The molecule has 0 amide bonds. The fraction of sp³-hybridized carbons (Fsp3) is 0.400. The molecule has 0 radical (unpaired) electrons. The predicted molar refractivity (Wildman–Crippen MR) is 63.1 cm³/mol. The first kappa shape index (κ1) is 15.2. The number of alkyl halides is 3. The van der Waals surface area contributed by atoms with Crippen molar-refractivity contribution >= 4 is 18.4 Å². The van der Waals surface area contributed by atoms with E-state index in [4.69, 9.17) is 3.87 Å². The summed E-state index contributed by atoms with van der Waals surface area (Å²) in [5, 5.41) is 0. The molecule has 0 unspecified atom stereocenters. The van der Waals surface area contributed by atoms with E-state index in [0.717, 1.165) is 18.2 Å². The molecule has 0 N–H and O–H groups in total. The van der Waals surface area contributed by atoms with Gasteiger partial charge in [-0.25, -0.2) is 0 Å². The van der Waals surface area contributed by atoms with Crippen LogP contribution >= 0.6 is 0 Å². The third kappa shape index (κ3) is 3.82. The average molecular weight is 298 g/mol. The second-order valence-electron chi connectivity index (χ2n) is 4.64. The van der Waals surface area contributed by atoms with Gasteiger partial charge in [-0.15, -0.1) is 0 Å². The van der Waals surface area contributed by atoms with Gasteiger partial charge in [-0.1, -0.05) is 12.1 Å². The molecule has 0 aliphatic rings. The van der Waals surface area contributed by atoms with Crippen molar-refractivity contribution in [1.82, 2.24) is 0 Å². The van der Waals surface area contributed by atoms with E-state index < -0.39 is 35.1 Å². The summed E-state index contributed by atoms with van der Waals surface area (Å²) in [5.41, 5.74) is -1.21. The molecule has 0 atom stereocenters. The van der Waals surface area contributed by atoms with E-state index in [0.29, 0.717) is 0 Å². The molecule has 1 rings (SSSR count). The van der Waals surface area contributed by atoms with Crippen LogP contribution in [0.1, 0.15) is 5.56 Å². The van der Waals surface area contributed by atoms with Crippen molar-refractivity contribution in [3.05, 3.63) is 29.8 Å². The highest BCUT2D eigenvalue weighted by atomic mass is 32.2. The summed E-state index contributed by atoms with van der Waals surface area (Å²) in [4.78, 5) is -0.833. The molecule has 1 aromatic rings. The Morgan fingerprint density at radius 1 is 1.11 bits per heavy atom. The minimum Gasteiger partial charge on any atom is -0.312 e. The molecule has 0 aliphatic carbocycles. The number of benzene rings is 1. The SMILES string of the molecule is C[Si](C)(C)OS(=O)(=O)c1ccccc1C(F)(F)F. The molecule has 0 aromatic heterocycles. The van der Waals surface area contributed by atoms with Crippen LogP contribution in [0.15, 0.2) is 29.2 Å².